The average Bonchev–Trinajstić information content (AvgIpc) is 2.48. The quantitative estimate of drug-likeness (QED) is 0.563. The lowest BCUT2D eigenvalue weighted by Gasteiger charge is -2.61. The van der Waals surface area contributed by atoms with Gasteiger partial charge in [-0.25, -0.2) is 0 Å². The van der Waals surface area contributed by atoms with Crippen LogP contribution in [0.25, 0.3) is 0 Å². The van der Waals surface area contributed by atoms with Gasteiger partial charge in [-0.3, -0.25) is 9.59 Å². The highest BCUT2D eigenvalue weighted by Crippen LogP contribution is 2.66. The zero-order valence-electron chi connectivity index (χ0n) is 14.4. The fourth-order valence-electron chi connectivity index (χ4n) is 6.01. The van der Waals surface area contributed by atoms with Crippen molar-refractivity contribution in [2.45, 2.75) is 65.7 Å². The highest BCUT2D eigenvalue weighted by Gasteiger charge is 2.60. The topological polar surface area (TPSA) is 74.6 Å². The third-order valence-corrected chi connectivity index (χ3v) is 7.64. The Balaban J connectivity index is 1.96. The van der Waals surface area contributed by atoms with Crippen LogP contribution in [0.1, 0.15) is 65.7 Å². The van der Waals surface area contributed by atoms with Gasteiger partial charge in [-0.1, -0.05) is 13.8 Å². The molecule has 2 N–H and O–H groups in total. The summed E-state index contributed by atoms with van der Waals surface area (Å²) in [5.74, 6) is 0.147. The Morgan fingerprint density at radius 1 is 1.17 bits per heavy atom. The standard InChI is InChI=1S/C19H28O4/c1-17(16(22)23)8-9-18(2)12(10-17)6-7-19(3)13(11-20)14(21)4-5-15(18)19/h11-12,15,20H,4-10H2,1-3H3,(H,22,23)/t12-,15+,17-,18-,19+/m1/s1. The Kier molecular flexibility index (Phi) is 3.66. The van der Waals surface area contributed by atoms with E-state index in [1.807, 2.05) is 6.92 Å². The van der Waals surface area contributed by atoms with Gasteiger partial charge in [0.15, 0.2) is 5.78 Å². The van der Waals surface area contributed by atoms with Crippen LogP contribution in [0.2, 0.25) is 0 Å². The minimum absolute atomic E-state index is 0.0664. The third-order valence-electron chi connectivity index (χ3n) is 7.64. The summed E-state index contributed by atoms with van der Waals surface area (Å²) in [5.41, 5.74) is -0.207. The van der Waals surface area contributed by atoms with Gasteiger partial charge < -0.3 is 10.2 Å². The number of carboxylic acid groups (broad SMARTS) is 1. The summed E-state index contributed by atoms with van der Waals surface area (Å²) in [4.78, 5) is 23.9. The molecule has 0 aromatic carbocycles. The molecule has 3 saturated carbocycles. The van der Waals surface area contributed by atoms with Crippen molar-refractivity contribution in [1.29, 1.82) is 0 Å². The highest BCUT2D eigenvalue weighted by atomic mass is 16.4. The second kappa shape index (κ2) is 5.09. The monoisotopic (exact) mass is 320 g/mol. The van der Waals surface area contributed by atoms with Gasteiger partial charge in [0.2, 0.25) is 0 Å². The van der Waals surface area contributed by atoms with Gasteiger partial charge in [0.25, 0.3) is 0 Å². The van der Waals surface area contributed by atoms with Gasteiger partial charge in [0, 0.05) is 17.4 Å². The number of allylic oxidation sites excluding steroid dienone is 1. The number of aliphatic hydroxyl groups excluding tert-OH is 1. The number of carboxylic acids is 1. The average molecular weight is 320 g/mol. The second-order valence-electron chi connectivity index (χ2n) is 8.79. The number of rotatable bonds is 1. The van der Waals surface area contributed by atoms with Gasteiger partial charge >= 0.3 is 5.97 Å². The zero-order valence-corrected chi connectivity index (χ0v) is 14.4. The van der Waals surface area contributed by atoms with E-state index in [1.54, 1.807) is 0 Å². The Bertz CT molecular complexity index is 580. The van der Waals surface area contributed by atoms with Gasteiger partial charge in [-0.2, -0.15) is 0 Å². The molecule has 0 heterocycles. The Labute approximate surface area is 138 Å². The smallest absolute Gasteiger partial charge is 0.309 e. The van der Waals surface area contributed by atoms with Crippen LogP contribution in [0.4, 0.5) is 0 Å². The molecule has 0 radical (unpaired) electrons. The van der Waals surface area contributed by atoms with Crippen molar-refractivity contribution in [3.63, 3.8) is 0 Å². The van der Waals surface area contributed by atoms with E-state index in [2.05, 4.69) is 13.8 Å². The molecule has 3 rings (SSSR count). The lowest BCUT2D eigenvalue weighted by molar-refractivity contribution is -0.161. The molecule has 0 saturated heterocycles. The zero-order chi connectivity index (χ0) is 17.0. The number of hydrogen-bond donors (Lipinski definition) is 2. The molecule has 128 valence electrons. The molecule has 0 aromatic rings. The van der Waals surface area contributed by atoms with Gasteiger partial charge in [-0.05, 0) is 62.7 Å². The maximum absolute atomic E-state index is 12.2. The molecular formula is C19H28O4. The lowest BCUT2D eigenvalue weighted by atomic mass is 9.42. The van der Waals surface area contributed by atoms with Crippen molar-refractivity contribution in [2.24, 2.45) is 28.1 Å². The fraction of sp³-hybridized carbons (Fsp3) is 0.789. The van der Waals surface area contributed by atoms with Crippen LogP contribution in [0, 0.1) is 28.1 Å². The first-order valence-electron chi connectivity index (χ1n) is 8.79. The van der Waals surface area contributed by atoms with Crippen LogP contribution in [0.5, 0.6) is 0 Å². The van der Waals surface area contributed by atoms with Crippen molar-refractivity contribution in [2.75, 3.05) is 0 Å². The third kappa shape index (κ3) is 2.17. The summed E-state index contributed by atoms with van der Waals surface area (Å²) in [6.07, 6.45) is 6.55. The van der Waals surface area contributed by atoms with E-state index >= 15 is 0 Å². The van der Waals surface area contributed by atoms with Crippen molar-refractivity contribution >= 4 is 11.8 Å². The van der Waals surface area contributed by atoms with Crippen LogP contribution in [-0.2, 0) is 9.59 Å². The summed E-state index contributed by atoms with van der Waals surface area (Å²) < 4.78 is 0. The number of aliphatic hydroxyl groups is 1. The minimum Gasteiger partial charge on any atom is -0.515 e. The summed E-state index contributed by atoms with van der Waals surface area (Å²) in [5, 5.41) is 19.2. The summed E-state index contributed by atoms with van der Waals surface area (Å²) in [6, 6.07) is 0. The number of hydrogen-bond acceptors (Lipinski definition) is 3. The Hall–Kier alpha value is -1.32. The number of aliphatic carboxylic acids is 1. The number of carbonyl (C=O) groups is 2. The lowest BCUT2D eigenvalue weighted by Crippen LogP contribution is -2.56. The van der Waals surface area contributed by atoms with E-state index in [0.29, 0.717) is 30.3 Å². The molecule has 3 aliphatic rings. The van der Waals surface area contributed by atoms with E-state index in [1.165, 1.54) is 0 Å². The normalized spacial score (nSPS) is 48.7. The number of Topliss-reactive ketones (excluding diaryl/α,β-unsaturated/α-hetero) is 1. The largest absolute Gasteiger partial charge is 0.515 e. The Morgan fingerprint density at radius 3 is 2.48 bits per heavy atom. The first-order chi connectivity index (χ1) is 10.7. The SMILES string of the molecule is C[C@@]1(C(=O)O)CC[C@]2(C)[C@H](CC[C@@]3(C)C(=CO)C(=O)CC[C@@H]23)C1. The highest BCUT2D eigenvalue weighted by molar-refractivity contribution is 5.97. The molecule has 0 aromatic heterocycles. The molecule has 23 heavy (non-hydrogen) atoms. The molecule has 0 spiro atoms. The molecule has 3 fully saturated rings. The molecule has 0 bridgehead atoms. The van der Waals surface area contributed by atoms with E-state index in [4.69, 9.17) is 0 Å². The van der Waals surface area contributed by atoms with E-state index in [-0.39, 0.29) is 16.6 Å². The van der Waals surface area contributed by atoms with Gasteiger partial charge in [0.1, 0.15) is 0 Å². The number of fused-ring (bicyclic) bond motifs is 3. The second-order valence-corrected chi connectivity index (χ2v) is 8.79. The van der Waals surface area contributed by atoms with Crippen LogP contribution in [-0.4, -0.2) is 22.0 Å². The summed E-state index contributed by atoms with van der Waals surface area (Å²) in [7, 11) is 0. The van der Waals surface area contributed by atoms with Crippen LogP contribution < -0.4 is 0 Å². The van der Waals surface area contributed by atoms with Crippen LogP contribution >= 0.6 is 0 Å². The molecule has 0 aliphatic heterocycles. The minimum atomic E-state index is -0.678. The maximum Gasteiger partial charge on any atom is 0.309 e. The molecule has 4 heteroatoms. The molecule has 4 nitrogen and oxygen atoms in total. The van der Waals surface area contributed by atoms with Crippen molar-refractivity contribution in [3.8, 4) is 0 Å². The van der Waals surface area contributed by atoms with Gasteiger partial charge in [0.05, 0.1) is 11.7 Å². The molecule has 3 aliphatic carbocycles. The van der Waals surface area contributed by atoms with E-state index in [0.717, 1.165) is 38.4 Å². The molecular weight excluding hydrogens is 292 g/mol. The first-order valence-corrected chi connectivity index (χ1v) is 8.79. The first kappa shape index (κ1) is 16.5. The predicted octanol–water partition coefficient (Wildman–Crippen LogP) is 4.10. The van der Waals surface area contributed by atoms with E-state index in [9.17, 15) is 19.8 Å². The van der Waals surface area contributed by atoms with Gasteiger partial charge in [-0.15, -0.1) is 0 Å². The van der Waals surface area contributed by atoms with Crippen LogP contribution in [0.3, 0.4) is 0 Å². The number of ketones is 1. The predicted molar refractivity (Wildman–Crippen MR) is 87.0 cm³/mol. The van der Waals surface area contributed by atoms with Crippen molar-refractivity contribution in [1.82, 2.24) is 0 Å². The van der Waals surface area contributed by atoms with E-state index < -0.39 is 11.4 Å². The molecule has 0 amide bonds. The fourth-order valence-corrected chi connectivity index (χ4v) is 6.01. The summed E-state index contributed by atoms with van der Waals surface area (Å²) >= 11 is 0. The van der Waals surface area contributed by atoms with Crippen LogP contribution in [0.15, 0.2) is 11.8 Å². The molecule has 5 atom stereocenters. The van der Waals surface area contributed by atoms with Crippen molar-refractivity contribution in [3.05, 3.63) is 11.8 Å². The summed E-state index contributed by atoms with van der Waals surface area (Å²) in [6.45, 7) is 6.31. The van der Waals surface area contributed by atoms with Crippen molar-refractivity contribution < 1.29 is 19.8 Å². The maximum atomic E-state index is 12.2. The Morgan fingerprint density at radius 2 is 1.87 bits per heavy atom. The molecule has 0 unspecified atom stereocenters. The number of carbonyl (C=O) groups excluding carboxylic acids is 1.